The average molecular weight is 412 g/mol. The van der Waals surface area contributed by atoms with Gasteiger partial charge in [-0.15, -0.1) is 0 Å². The van der Waals surface area contributed by atoms with Gasteiger partial charge in [-0.1, -0.05) is 30.3 Å². The molecule has 2 aromatic carbocycles. The summed E-state index contributed by atoms with van der Waals surface area (Å²) in [5, 5.41) is 27.0. The number of carbonyl (C=O) groups is 1. The number of hydrogen-bond donors (Lipinski definition) is 6. The summed E-state index contributed by atoms with van der Waals surface area (Å²) in [5.41, 5.74) is -1.47. The molecule has 0 radical (unpaired) electrons. The van der Waals surface area contributed by atoms with E-state index in [1.54, 1.807) is 30.3 Å². The molecule has 2 heterocycles. The Hall–Kier alpha value is -4.54. The molecule has 30 heavy (non-hydrogen) atoms. The number of aromatic nitrogens is 4. The molecule has 2 aromatic heterocycles. The molecule has 154 valence electrons. The van der Waals surface area contributed by atoms with Crippen LogP contribution in [-0.2, 0) is 6.54 Å². The average Bonchev–Trinajstić information content (AvgIpc) is 3.07. The molecule has 0 fully saturated rings. The molecule has 0 amide bonds. The van der Waals surface area contributed by atoms with E-state index in [0.717, 1.165) is 4.57 Å². The van der Waals surface area contributed by atoms with Crippen LogP contribution in [0, 0.1) is 0 Å². The molecule has 0 spiro atoms. The summed E-state index contributed by atoms with van der Waals surface area (Å²) in [4.78, 5) is 52.5. The molecule has 4 aromatic rings. The summed E-state index contributed by atoms with van der Waals surface area (Å²) in [6.45, 7) is -0.0933. The number of aromatic amines is 3. The molecular formula is C19H16N4O7. The van der Waals surface area contributed by atoms with Crippen molar-refractivity contribution < 1.29 is 20.1 Å². The van der Waals surface area contributed by atoms with Crippen molar-refractivity contribution in [1.82, 2.24) is 19.5 Å². The lowest BCUT2D eigenvalue weighted by molar-refractivity contribution is 0.0693. The standard InChI is InChI=1S/C12H10N4O4.C7H6O3/c17-7-4-2-1-3-6(7)5-16-10(18)8-9(15-12(16)20)14-11(19)13-8;8-6-4-2-1-3-5(6)7(9)10/h1-4,17H,5H2,(H,15,20)(H2,13,14,19);1-4,8H,(H,9,10). The maximum atomic E-state index is 12.1. The van der Waals surface area contributed by atoms with Crippen LogP contribution in [0.3, 0.4) is 0 Å². The largest absolute Gasteiger partial charge is 0.508 e. The van der Waals surface area contributed by atoms with Crippen LogP contribution >= 0.6 is 0 Å². The van der Waals surface area contributed by atoms with Crippen molar-refractivity contribution in [1.29, 1.82) is 0 Å². The zero-order valence-electron chi connectivity index (χ0n) is 15.2. The Morgan fingerprint density at radius 1 is 0.867 bits per heavy atom. The van der Waals surface area contributed by atoms with Crippen LogP contribution in [-0.4, -0.2) is 40.8 Å². The van der Waals surface area contributed by atoms with Gasteiger partial charge in [0, 0.05) is 5.56 Å². The Morgan fingerprint density at radius 2 is 1.50 bits per heavy atom. The highest BCUT2D eigenvalue weighted by Gasteiger charge is 2.12. The first-order valence-corrected chi connectivity index (χ1v) is 8.51. The van der Waals surface area contributed by atoms with Crippen LogP contribution in [0.2, 0.25) is 0 Å². The summed E-state index contributed by atoms with van der Waals surface area (Å²) < 4.78 is 0.904. The number of rotatable bonds is 3. The van der Waals surface area contributed by atoms with E-state index >= 15 is 0 Å². The number of fused-ring (bicyclic) bond motifs is 1. The zero-order chi connectivity index (χ0) is 21.8. The molecule has 0 unspecified atom stereocenters. The fourth-order valence-electron chi connectivity index (χ4n) is 2.65. The number of nitrogens with zero attached hydrogens (tertiary/aromatic N) is 1. The van der Waals surface area contributed by atoms with E-state index in [4.69, 9.17) is 10.2 Å². The molecule has 0 bridgehead atoms. The van der Waals surface area contributed by atoms with Crippen LogP contribution in [0.25, 0.3) is 11.2 Å². The van der Waals surface area contributed by atoms with Gasteiger partial charge in [-0.25, -0.2) is 14.4 Å². The second-order valence-electron chi connectivity index (χ2n) is 6.10. The van der Waals surface area contributed by atoms with Gasteiger partial charge in [0.15, 0.2) is 5.52 Å². The lowest BCUT2D eigenvalue weighted by Gasteiger charge is -2.06. The van der Waals surface area contributed by atoms with Crippen LogP contribution in [0.15, 0.2) is 62.9 Å². The van der Waals surface area contributed by atoms with E-state index in [2.05, 4.69) is 15.0 Å². The number of para-hydroxylation sites is 2. The molecule has 0 aliphatic rings. The van der Waals surface area contributed by atoms with Gasteiger partial charge >= 0.3 is 17.3 Å². The Labute approximate surface area is 166 Å². The first-order valence-electron chi connectivity index (χ1n) is 8.51. The van der Waals surface area contributed by atoms with E-state index in [9.17, 15) is 24.3 Å². The van der Waals surface area contributed by atoms with E-state index in [-0.39, 0.29) is 34.8 Å². The lowest BCUT2D eigenvalue weighted by Crippen LogP contribution is -2.35. The second kappa shape index (κ2) is 8.22. The Bertz CT molecular complexity index is 1390. The molecular weight excluding hydrogens is 396 g/mol. The van der Waals surface area contributed by atoms with Gasteiger partial charge in [0.05, 0.1) is 6.54 Å². The minimum Gasteiger partial charge on any atom is -0.508 e. The molecule has 6 N–H and O–H groups in total. The lowest BCUT2D eigenvalue weighted by atomic mass is 10.2. The van der Waals surface area contributed by atoms with Crippen LogP contribution in [0.1, 0.15) is 15.9 Å². The fraction of sp³-hybridized carbons (Fsp3) is 0.0526. The summed E-state index contributed by atoms with van der Waals surface area (Å²) in [6.07, 6.45) is 0. The van der Waals surface area contributed by atoms with Crippen molar-refractivity contribution in [2.75, 3.05) is 0 Å². The summed E-state index contributed by atoms with van der Waals surface area (Å²) in [5.74, 6) is -1.32. The highest BCUT2D eigenvalue weighted by Crippen LogP contribution is 2.16. The molecule has 0 aliphatic carbocycles. The van der Waals surface area contributed by atoms with Gasteiger partial charge in [-0.3, -0.25) is 24.3 Å². The topological polar surface area (TPSA) is 181 Å². The van der Waals surface area contributed by atoms with E-state index in [1.165, 1.54) is 18.2 Å². The van der Waals surface area contributed by atoms with Crippen molar-refractivity contribution >= 4 is 17.1 Å². The molecule has 0 saturated carbocycles. The number of phenolic OH excluding ortho intramolecular Hbond substituents is 1. The molecule has 4 rings (SSSR count). The monoisotopic (exact) mass is 412 g/mol. The SMILES string of the molecule is O=C(O)c1ccccc1O.O=c1[nH]c2[nH]c(=O)n(Cc3ccccc3O)c(=O)c2[nH]1. The highest BCUT2D eigenvalue weighted by molar-refractivity contribution is 5.90. The number of hydrogen-bond acceptors (Lipinski definition) is 6. The maximum Gasteiger partial charge on any atom is 0.339 e. The van der Waals surface area contributed by atoms with Crippen molar-refractivity contribution in [3.63, 3.8) is 0 Å². The smallest absolute Gasteiger partial charge is 0.339 e. The molecule has 11 heteroatoms. The van der Waals surface area contributed by atoms with Crippen LogP contribution < -0.4 is 16.9 Å². The van der Waals surface area contributed by atoms with E-state index in [1.807, 2.05) is 0 Å². The summed E-state index contributed by atoms with van der Waals surface area (Å²) in [7, 11) is 0. The van der Waals surface area contributed by atoms with E-state index in [0.29, 0.717) is 5.56 Å². The summed E-state index contributed by atoms with van der Waals surface area (Å²) >= 11 is 0. The molecule has 11 nitrogen and oxygen atoms in total. The predicted octanol–water partition coefficient (Wildman–Crippen LogP) is 0.550. The molecule has 0 aliphatic heterocycles. The number of aromatic hydroxyl groups is 2. The third-order valence-corrected chi connectivity index (χ3v) is 4.12. The third-order valence-electron chi connectivity index (χ3n) is 4.12. The molecule has 0 atom stereocenters. The van der Waals surface area contributed by atoms with Gasteiger partial charge in [-0.2, -0.15) is 0 Å². The predicted molar refractivity (Wildman–Crippen MR) is 106 cm³/mol. The molecule has 0 saturated heterocycles. The number of H-pyrrole nitrogens is 3. The number of carboxylic acids is 1. The Morgan fingerprint density at radius 3 is 2.10 bits per heavy atom. The van der Waals surface area contributed by atoms with E-state index < -0.39 is 22.9 Å². The first-order chi connectivity index (χ1) is 14.3. The maximum absolute atomic E-state index is 12.1. The van der Waals surface area contributed by atoms with Gasteiger partial charge in [0.2, 0.25) is 0 Å². The first kappa shape index (κ1) is 20.2. The van der Waals surface area contributed by atoms with Gasteiger partial charge in [0.25, 0.3) is 5.56 Å². The van der Waals surface area contributed by atoms with Crippen molar-refractivity contribution in [3.05, 3.63) is 91.0 Å². The number of carboxylic acid groups (broad SMARTS) is 1. The number of aromatic carboxylic acids is 1. The minimum atomic E-state index is -1.11. The van der Waals surface area contributed by atoms with Gasteiger partial charge in [0.1, 0.15) is 22.7 Å². The van der Waals surface area contributed by atoms with Crippen molar-refractivity contribution in [2.24, 2.45) is 0 Å². The van der Waals surface area contributed by atoms with Gasteiger partial charge < -0.3 is 15.3 Å². The fourth-order valence-corrected chi connectivity index (χ4v) is 2.65. The van der Waals surface area contributed by atoms with Gasteiger partial charge in [-0.05, 0) is 18.2 Å². The van der Waals surface area contributed by atoms with Crippen molar-refractivity contribution in [2.45, 2.75) is 6.54 Å². The van der Waals surface area contributed by atoms with Crippen LogP contribution in [0.4, 0.5) is 0 Å². The normalized spacial score (nSPS) is 10.4. The number of imidazole rings is 1. The summed E-state index contributed by atoms with van der Waals surface area (Å²) in [6, 6.07) is 12.2. The second-order valence-corrected chi connectivity index (χ2v) is 6.10. The Kier molecular flexibility index (Phi) is 5.54. The quantitative estimate of drug-likeness (QED) is 0.284. The van der Waals surface area contributed by atoms with Crippen LogP contribution in [0.5, 0.6) is 11.5 Å². The number of nitrogens with one attached hydrogen (secondary N) is 3. The van der Waals surface area contributed by atoms with Crippen molar-refractivity contribution in [3.8, 4) is 11.5 Å². The third kappa shape index (κ3) is 4.14. The highest BCUT2D eigenvalue weighted by atomic mass is 16.4. The number of benzene rings is 2. The minimum absolute atomic E-state index is 0.00924. The Balaban J connectivity index is 0.000000216. The zero-order valence-corrected chi connectivity index (χ0v) is 15.2. The number of phenols is 2.